The molecule has 0 aliphatic carbocycles. The first-order valence-electron chi connectivity index (χ1n) is 4.70. The highest BCUT2D eigenvalue weighted by Gasteiger charge is 2.09. The first kappa shape index (κ1) is 13.9. The lowest BCUT2D eigenvalue weighted by atomic mass is 10.3. The highest BCUT2D eigenvalue weighted by molar-refractivity contribution is 7.92. The van der Waals surface area contributed by atoms with E-state index in [-0.39, 0.29) is 30.6 Å². The summed E-state index contributed by atoms with van der Waals surface area (Å²) in [4.78, 5) is 15.2. The van der Waals surface area contributed by atoms with Crippen LogP contribution in [0.15, 0.2) is 5.38 Å². The Bertz CT molecular complexity index is 483. The molecule has 0 aliphatic heterocycles. The summed E-state index contributed by atoms with van der Waals surface area (Å²) in [5, 5.41) is 12.8. The van der Waals surface area contributed by atoms with Crippen LogP contribution in [0.2, 0.25) is 0 Å². The molecule has 0 saturated heterocycles. The van der Waals surface area contributed by atoms with Crippen molar-refractivity contribution < 1.29 is 18.3 Å². The SMILES string of the molecule is CS(=O)(=O)Nc1nc(CC(=O)NCCO)cs1. The molecule has 0 atom stereocenters. The van der Waals surface area contributed by atoms with Crippen molar-refractivity contribution in [2.45, 2.75) is 6.42 Å². The predicted molar refractivity (Wildman–Crippen MR) is 64.4 cm³/mol. The molecule has 0 bridgehead atoms. The van der Waals surface area contributed by atoms with Gasteiger partial charge < -0.3 is 10.4 Å². The van der Waals surface area contributed by atoms with E-state index in [0.717, 1.165) is 17.6 Å². The largest absolute Gasteiger partial charge is 0.395 e. The van der Waals surface area contributed by atoms with E-state index in [1.54, 1.807) is 5.38 Å². The molecule has 0 aliphatic rings. The van der Waals surface area contributed by atoms with Crippen molar-refractivity contribution in [3.8, 4) is 0 Å². The number of rotatable bonds is 6. The molecule has 17 heavy (non-hydrogen) atoms. The van der Waals surface area contributed by atoms with Gasteiger partial charge in [0, 0.05) is 11.9 Å². The normalized spacial score (nSPS) is 11.2. The zero-order valence-corrected chi connectivity index (χ0v) is 10.8. The summed E-state index contributed by atoms with van der Waals surface area (Å²) < 4.78 is 24.1. The average molecular weight is 279 g/mol. The van der Waals surface area contributed by atoms with Crippen molar-refractivity contribution in [1.82, 2.24) is 10.3 Å². The number of aliphatic hydroxyl groups excluding tert-OH is 1. The highest BCUT2D eigenvalue weighted by atomic mass is 32.2. The van der Waals surface area contributed by atoms with Crippen LogP contribution in [-0.4, -0.2) is 43.8 Å². The number of sulfonamides is 1. The smallest absolute Gasteiger partial charge is 0.231 e. The minimum atomic E-state index is -3.34. The molecule has 96 valence electrons. The number of nitrogens with one attached hydrogen (secondary N) is 2. The molecule has 0 unspecified atom stereocenters. The van der Waals surface area contributed by atoms with E-state index in [4.69, 9.17) is 5.11 Å². The van der Waals surface area contributed by atoms with Crippen LogP contribution in [0.5, 0.6) is 0 Å². The molecule has 1 amide bonds. The lowest BCUT2D eigenvalue weighted by molar-refractivity contribution is -0.120. The maximum Gasteiger partial charge on any atom is 0.231 e. The number of carbonyl (C=O) groups is 1. The number of carbonyl (C=O) groups excluding carboxylic acids is 1. The molecule has 0 radical (unpaired) electrons. The van der Waals surface area contributed by atoms with Crippen LogP contribution in [0.25, 0.3) is 0 Å². The Kier molecular flexibility index (Phi) is 4.85. The van der Waals surface area contributed by atoms with E-state index in [1.165, 1.54) is 0 Å². The van der Waals surface area contributed by atoms with E-state index in [9.17, 15) is 13.2 Å². The van der Waals surface area contributed by atoms with Gasteiger partial charge in [0.05, 0.1) is 25.0 Å². The summed E-state index contributed by atoms with van der Waals surface area (Å²) in [6, 6.07) is 0. The van der Waals surface area contributed by atoms with Gasteiger partial charge in [0.2, 0.25) is 15.9 Å². The zero-order valence-electron chi connectivity index (χ0n) is 9.13. The van der Waals surface area contributed by atoms with Gasteiger partial charge in [-0.15, -0.1) is 11.3 Å². The number of aromatic nitrogens is 1. The first-order chi connectivity index (χ1) is 7.90. The lowest BCUT2D eigenvalue weighted by Gasteiger charge is -2.00. The second-order valence-electron chi connectivity index (χ2n) is 3.27. The first-order valence-corrected chi connectivity index (χ1v) is 7.47. The molecule has 1 heterocycles. The van der Waals surface area contributed by atoms with Crippen LogP contribution in [-0.2, 0) is 21.2 Å². The van der Waals surface area contributed by atoms with Gasteiger partial charge in [-0.3, -0.25) is 9.52 Å². The standard InChI is InChI=1S/C8H13N3O4S2/c1-17(14,15)11-8-10-6(5-16-8)4-7(13)9-2-3-12/h5,12H,2-4H2,1H3,(H,9,13)(H,10,11). The van der Waals surface area contributed by atoms with Crippen LogP contribution in [0.4, 0.5) is 5.13 Å². The summed E-state index contributed by atoms with van der Waals surface area (Å²) >= 11 is 1.11. The minimum Gasteiger partial charge on any atom is -0.395 e. The Balaban J connectivity index is 2.54. The Hall–Kier alpha value is -1.19. The van der Waals surface area contributed by atoms with Gasteiger partial charge in [-0.05, 0) is 0 Å². The molecule has 1 aromatic heterocycles. The second-order valence-corrected chi connectivity index (χ2v) is 5.88. The van der Waals surface area contributed by atoms with Crippen LogP contribution in [0.1, 0.15) is 5.69 Å². The van der Waals surface area contributed by atoms with E-state index < -0.39 is 10.0 Å². The van der Waals surface area contributed by atoms with Gasteiger partial charge in [-0.2, -0.15) is 0 Å². The van der Waals surface area contributed by atoms with Gasteiger partial charge >= 0.3 is 0 Å². The van der Waals surface area contributed by atoms with Crippen molar-refractivity contribution in [3.05, 3.63) is 11.1 Å². The fourth-order valence-electron chi connectivity index (χ4n) is 1.02. The summed E-state index contributed by atoms with van der Waals surface area (Å²) in [6.07, 6.45) is 1.09. The Morgan fingerprint density at radius 1 is 1.59 bits per heavy atom. The van der Waals surface area contributed by atoms with Crippen molar-refractivity contribution in [3.63, 3.8) is 0 Å². The van der Waals surface area contributed by atoms with E-state index >= 15 is 0 Å². The summed E-state index contributed by atoms with van der Waals surface area (Å²) in [5.74, 6) is -0.268. The quantitative estimate of drug-likeness (QED) is 0.629. The fourth-order valence-corrected chi connectivity index (χ4v) is 2.58. The molecule has 9 heteroatoms. The molecule has 0 saturated carbocycles. The fraction of sp³-hybridized carbons (Fsp3) is 0.500. The maximum atomic E-state index is 11.3. The molecule has 0 spiro atoms. The average Bonchev–Trinajstić information content (AvgIpc) is 2.59. The van der Waals surface area contributed by atoms with Gasteiger partial charge in [-0.25, -0.2) is 13.4 Å². The molecule has 1 rings (SSSR count). The van der Waals surface area contributed by atoms with Crippen LogP contribution < -0.4 is 10.0 Å². The van der Waals surface area contributed by atoms with Crippen LogP contribution in [0, 0.1) is 0 Å². The minimum absolute atomic E-state index is 0.0575. The van der Waals surface area contributed by atoms with Crippen LogP contribution >= 0.6 is 11.3 Å². The molecule has 0 fully saturated rings. The molecule has 0 aromatic carbocycles. The number of thiazole rings is 1. The monoisotopic (exact) mass is 279 g/mol. The molecule has 7 nitrogen and oxygen atoms in total. The van der Waals surface area contributed by atoms with Crippen molar-refractivity contribution in [2.75, 3.05) is 24.1 Å². The Morgan fingerprint density at radius 3 is 2.88 bits per heavy atom. The summed E-state index contributed by atoms with van der Waals surface area (Å²) in [7, 11) is -3.34. The highest BCUT2D eigenvalue weighted by Crippen LogP contribution is 2.16. The number of amides is 1. The number of anilines is 1. The topological polar surface area (TPSA) is 108 Å². The van der Waals surface area contributed by atoms with Gasteiger partial charge in [-0.1, -0.05) is 0 Å². The molecule has 1 aromatic rings. The van der Waals surface area contributed by atoms with Crippen molar-refractivity contribution in [2.24, 2.45) is 0 Å². The van der Waals surface area contributed by atoms with Gasteiger partial charge in [0.25, 0.3) is 0 Å². The van der Waals surface area contributed by atoms with Gasteiger partial charge in [0.1, 0.15) is 0 Å². The van der Waals surface area contributed by atoms with Crippen molar-refractivity contribution in [1.29, 1.82) is 0 Å². The van der Waals surface area contributed by atoms with Crippen molar-refractivity contribution >= 4 is 32.4 Å². The third kappa shape index (κ3) is 5.61. The van der Waals surface area contributed by atoms with E-state index in [2.05, 4.69) is 15.0 Å². The lowest BCUT2D eigenvalue weighted by Crippen LogP contribution is -2.27. The maximum absolute atomic E-state index is 11.3. The van der Waals surface area contributed by atoms with E-state index in [0.29, 0.717) is 5.69 Å². The number of hydrogen-bond acceptors (Lipinski definition) is 6. The Labute approximate surface area is 103 Å². The second kappa shape index (κ2) is 5.94. The number of hydrogen-bond donors (Lipinski definition) is 3. The van der Waals surface area contributed by atoms with E-state index in [1.807, 2.05) is 0 Å². The van der Waals surface area contributed by atoms with Crippen LogP contribution in [0.3, 0.4) is 0 Å². The Morgan fingerprint density at radius 2 is 2.29 bits per heavy atom. The molecule has 3 N–H and O–H groups in total. The summed E-state index contributed by atoms with van der Waals surface area (Å²) in [6.45, 7) is 0.0705. The third-order valence-corrected chi connectivity index (χ3v) is 3.10. The third-order valence-electron chi connectivity index (χ3n) is 1.60. The number of nitrogens with zero attached hydrogens (tertiary/aromatic N) is 1. The zero-order chi connectivity index (χ0) is 12.9. The van der Waals surface area contributed by atoms with Gasteiger partial charge in [0.15, 0.2) is 5.13 Å². The molecular weight excluding hydrogens is 266 g/mol. The predicted octanol–water partition coefficient (Wildman–Crippen LogP) is -0.834. The molecular formula is C8H13N3O4S2. The number of aliphatic hydroxyl groups is 1. The summed E-state index contributed by atoms with van der Waals surface area (Å²) in [5.41, 5.74) is 0.483.